The van der Waals surface area contributed by atoms with Gasteiger partial charge in [0.1, 0.15) is 0 Å². The lowest BCUT2D eigenvalue weighted by Crippen LogP contribution is -1.89. The average Bonchev–Trinajstić information content (AvgIpc) is 2.63. The molecule has 2 aromatic rings. The zero-order chi connectivity index (χ0) is 10.1. The van der Waals surface area contributed by atoms with Crippen LogP contribution in [0.15, 0.2) is 24.4 Å². The summed E-state index contributed by atoms with van der Waals surface area (Å²) in [5.74, 6) is 0.454. The number of hydrogen-bond donors (Lipinski definition) is 1. The molecule has 1 heterocycles. The minimum atomic E-state index is 0.454. The summed E-state index contributed by atoms with van der Waals surface area (Å²) >= 11 is 0. The minimum absolute atomic E-state index is 0.454. The van der Waals surface area contributed by atoms with Crippen LogP contribution in [0.4, 0.5) is 0 Å². The second-order valence-corrected chi connectivity index (χ2v) is 3.77. The molecular weight excluding hydrogens is 172 g/mol. The fourth-order valence-electron chi connectivity index (χ4n) is 1.62. The second kappa shape index (κ2) is 3.19. The summed E-state index contributed by atoms with van der Waals surface area (Å²) in [6, 6.07) is 8.26. The smallest absolute Gasteiger partial charge is 0.0998 e. The SMILES string of the molecule is CC(C)c1cc(C#N)c2cc[nH]c2c1. The van der Waals surface area contributed by atoms with E-state index in [-0.39, 0.29) is 0 Å². The monoisotopic (exact) mass is 184 g/mol. The lowest BCUT2D eigenvalue weighted by atomic mass is 9.99. The number of aromatic nitrogens is 1. The van der Waals surface area contributed by atoms with Crippen molar-refractivity contribution in [2.45, 2.75) is 19.8 Å². The third-order valence-corrected chi connectivity index (χ3v) is 2.48. The van der Waals surface area contributed by atoms with Gasteiger partial charge in [-0.15, -0.1) is 0 Å². The van der Waals surface area contributed by atoms with Gasteiger partial charge in [-0.2, -0.15) is 5.26 Å². The van der Waals surface area contributed by atoms with Crippen molar-refractivity contribution in [1.82, 2.24) is 4.98 Å². The number of nitriles is 1. The van der Waals surface area contributed by atoms with E-state index in [1.54, 1.807) is 0 Å². The lowest BCUT2D eigenvalue weighted by Gasteiger charge is -2.06. The van der Waals surface area contributed by atoms with Gasteiger partial charge in [0.25, 0.3) is 0 Å². The summed E-state index contributed by atoms with van der Waals surface area (Å²) < 4.78 is 0. The van der Waals surface area contributed by atoms with E-state index in [1.807, 2.05) is 18.3 Å². The molecule has 1 N–H and O–H groups in total. The Bertz CT molecular complexity index is 501. The van der Waals surface area contributed by atoms with Gasteiger partial charge < -0.3 is 4.98 Å². The summed E-state index contributed by atoms with van der Waals surface area (Å²) in [7, 11) is 0. The highest BCUT2D eigenvalue weighted by molar-refractivity contribution is 5.86. The molecule has 0 saturated heterocycles. The van der Waals surface area contributed by atoms with Crippen molar-refractivity contribution in [3.05, 3.63) is 35.5 Å². The molecule has 0 amide bonds. The maximum Gasteiger partial charge on any atom is 0.0998 e. The molecule has 0 bridgehead atoms. The molecule has 1 aromatic carbocycles. The molecule has 0 aliphatic carbocycles. The highest BCUT2D eigenvalue weighted by Crippen LogP contribution is 2.23. The van der Waals surface area contributed by atoms with Gasteiger partial charge in [-0.1, -0.05) is 13.8 Å². The third-order valence-electron chi connectivity index (χ3n) is 2.48. The number of nitrogens with one attached hydrogen (secondary N) is 1. The van der Waals surface area contributed by atoms with Crippen LogP contribution < -0.4 is 0 Å². The molecular formula is C12H12N2. The molecule has 0 saturated carbocycles. The molecule has 14 heavy (non-hydrogen) atoms. The Balaban J connectivity index is 2.75. The van der Waals surface area contributed by atoms with Gasteiger partial charge in [-0.25, -0.2) is 0 Å². The Kier molecular flexibility index (Phi) is 2.01. The maximum absolute atomic E-state index is 9.00. The van der Waals surface area contributed by atoms with E-state index in [0.29, 0.717) is 5.92 Å². The molecule has 0 aliphatic heterocycles. The van der Waals surface area contributed by atoms with E-state index in [2.05, 4.69) is 31.0 Å². The van der Waals surface area contributed by atoms with Crippen LogP contribution in [0.1, 0.15) is 30.9 Å². The van der Waals surface area contributed by atoms with Gasteiger partial charge >= 0.3 is 0 Å². The zero-order valence-corrected chi connectivity index (χ0v) is 8.33. The van der Waals surface area contributed by atoms with E-state index in [9.17, 15) is 0 Å². The lowest BCUT2D eigenvalue weighted by molar-refractivity contribution is 0.868. The Morgan fingerprint density at radius 1 is 1.36 bits per heavy atom. The summed E-state index contributed by atoms with van der Waals surface area (Å²) in [5.41, 5.74) is 3.01. The summed E-state index contributed by atoms with van der Waals surface area (Å²) in [4.78, 5) is 3.14. The van der Waals surface area contributed by atoms with Crippen LogP contribution in [0.25, 0.3) is 10.9 Å². The fourth-order valence-corrected chi connectivity index (χ4v) is 1.62. The fraction of sp³-hybridized carbons (Fsp3) is 0.250. The topological polar surface area (TPSA) is 39.6 Å². The van der Waals surface area contributed by atoms with E-state index in [4.69, 9.17) is 5.26 Å². The van der Waals surface area contributed by atoms with E-state index < -0.39 is 0 Å². The van der Waals surface area contributed by atoms with Crippen LogP contribution >= 0.6 is 0 Å². The van der Waals surface area contributed by atoms with Crippen LogP contribution in [-0.4, -0.2) is 4.98 Å². The Hall–Kier alpha value is -1.75. The summed E-state index contributed by atoms with van der Waals surface area (Å²) in [6.07, 6.45) is 1.87. The Morgan fingerprint density at radius 2 is 2.14 bits per heavy atom. The number of fused-ring (bicyclic) bond motifs is 1. The molecule has 2 heteroatoms. The predicted molar refractivity (Wildman–Crippen MR) is 57.1 cm³/mol. The number of aromatic amines is 1. The molecule has 0 aliphatic rings. The van der Waals surface area contributed by atoms with Crippen LogP contribution in [0, 0.1) is 11.3 Å². The molecule has 0 fully saturated rings. The molecule has 0 radical (unpaired) electrons. The number of benzene rings is 1. The molecule has 70 valence electrons. The highest BCUT2D eigenvalue weighted by Gasteiger charge is 2.06. The Labute approximate surface area is 83.2 Å². The van der Waals surface area contributed by atoms with Crippen molar-refractivity contribution < 1.29 is 0 Å². The van der Waals surface area contributed by atoms with Gasteiger partial charge in [0, 0.05) is 17.1 Å². The molecule has 0 spiro atoms. The largest absolute Gasteiger partial charge is 0.361 e. The van der Waals surface area contributed by atoms with Crippen molar-refractivity contribution in [2.24, 2.45) is 0 Å². The van der Waals surface area contributed by atoms with E-state index in [1.165, 1.54) is 5.56 Å². The van der Waals surface area contributed by atoms with Crippen molar-refractivity contribution in [3.8, 4) is 6.07 Å². The number of hydrogen-bond acceptors (Lipinski definition) is 1. The van der Waals surface area contributed by atoms with E-state index >= 15 is 0 Å². The number of nitrogens with zero attached hydrogens (tertiary/aromatic N) is 1. The number of rotatable bonds is 1. The van der Waals surface area contributed by atoms with Gasteiger partial charge in [-0.3, -0.25) is 0 Å². The van der Waals surface area contributed by atoms with Crippen LogP contribution in [-0.2, 0) is 0 Å². The van der Waals surface area contributed by atoms with Crippen molar-refractivity contribution in [2.75, 3.05) is 0 Å². The average molecular weight is 184 g/mol. The van der Waals surface area contributed by atoms with E-state index in [0.717, 1.165) is 16.5 Å². The van der Waals surface area contributed by atoms with Crippen molar-refractivity contribution in [1.29, 1.82) is 5.26 Å². The Morgan fingerprint density at radius 3 is 2.79 bits per heavy atom. The van der Waals surface area contributed by atoms with Gasteiger partial charge in [0.2, 0.25) is 0 Å². The van der Waals surface area contributed by atoms with Gasteiger partial charge in [0.15, 0.2) is 0 Å². The maximum atomic E-state index is 9.00. The van der Waals surface area contributed by atoms with Crippen molar-refractivity contribution in [3.63, 3.8) is 0 Å². The predicted octanol–water partition coefficient (Wildman–Crippen LogP) is 3.16. The molecule has 0 atom stereocenters. The third kappa shape index (κ3) is 1.27. The molecule has 1 aromatic heterocycles. The van der Waals surface area contributed by atoms with Crippen molar-refractivity contribution >= 4 is 10.9 Å². The summed E-state index contributed by atoms with van der Waals surface area (Å²) in [6.45, 7) is 4.26. The quantitative estimate of drug-likeness (QED) is 0.726. The zero-order valence-electron chi connectivity index (χ0n) is 8.33. The van der Waals surface area contributed by atoms with Crippen LogP contribution in [0.2, 0.25) is 0 Å². The van der Waals surface area contributed by atoms with Gasteiger partial charge in [-0.05, 0) is 29.7 Å². The molecule has 0 unspecified atom stereocenters. The standard InChI is InChI=1S/C12H12N2/c1-8(2)9-5-10(7-13)11-3-4-14-12(11)6-9/h3-6,8,14H,1-2H3. The first-order valence-electron chi connectivity index (χ1n) is 4.73. The summed E-state index contributed by atoms with van der Waals surface area (Å²) in [5, 5.41) is 10.0. The number of H-pyrrole nitrogens is 1. The molecule has 2 nitrogen and oxygen atoms in total. The van der Waals surface area contributed by atoms with Gasteiger partial charge in [0.05, 0.1) is 11.6 Å². The normalized spacial score (nSPS) is 10.7. The van der Waals surface area contributed by atoms with Crippen LogP contribution in [0.3, 0.4) is 0 Å². The first-order valence-corrected chi connectivity index (χ1v) is 4.73. The minimum Gasteiger partial charge on any atom is -0.361 e. The second-order valence-electron chi connectivity index (χ2n) is 3.77. The van der Waals surface area contributed by atoms with Crippen LogP contribution in [0.5, 0.6) is 0 Å². The highest BCUT2D eigenvalue weighted by atomic mass is 14.7. The first-order chi connectivity index (χ1) is 6.72. The molecule has 2 rings (SSSR count). The first kappa shape index (κ1) is 8.83.